The minimum atomic E-state index is -0.539. The van der Waals surface area contributed by atoms with Gasteiger partial charge in [0.15, 0.2) is 0 Å². The van der Waals surface area contributed by atoms with Crippen molar-refractivity contribution in [2.75, 3.05) is 17.7 Å². The number of ether oxygens (including phenoxy) is 1. The monoisotopic (exact) mass is 222 g/mol. The third kappa shape index (κ3) is 2.98. The predicted molar refractivity (Wildman–Crippen MR) is 61.5 cm³/mol. The molecule has 1 rings (SSSR count). The van der Waals surface area contributed by atoms with Gasteiger partial charge in [0.2, 0.25) is 5.91 Å². The van der Waals surface area contributed by atoms with Crippen molar-refractivity contribution in [2.45, 2.75) is 13.8 Å². The van der Waals surface area contributed by atoms with Crippen LogP contribution < -0.4 is 10.6 Å². The molecule has 0 fully saturated rings. The van der Waals surface area contributed by atoms with Gasteiger partial charge in [-0.15, -0.1) is 0 Å². The van der Waals surface area contributed by atoms with Crippen LogP contribution in [0.2, 0.25) is 0 Å². The van der Waals surface area contributed by atoms with Crippen molar-refractivity contribution in [3.05, 3.63) is 23.8 Å². The SMILES string of the molecule is COC(=O)Nc1cccc(NC(C)=O)c1C. The van der Waals surface area contributed by atoms with E-state index in [0.717, 1.165) is 5.56 Å². The molecule has 0 saturated heterocycles. The molecule has 0 heterocycles. The van der Waals surface area contributed by atoms with Crippen molar-refractivity contribution >= 4 is 23.4 Å². The Balaban J connectivity index is 2.94. The highest BCUT2D eigenvalue weighted by Crippen LogP contribution is 2.23. The summed E-state index contributed by atoms with van der Waals surface area (Å²) >= 11 is 0. The van der Waals surface area contributed by atoms with E-state index in [1.807, 2.05) is 0 Å². The molecule has 0 aliphatic carbocycles. The van der Waals surface area contributed by atoms with E-state index in [9.17, 15) is 9.59 Å². The fraction of sp³-hybridized carbons (Fsp3) is 0.273. The van der Waals surface area contributed by atoms with Crippen molar-refractivity contribution in [1.82, 2.24) is 0 Å². The van der Waals surface area contributed by atoms with Crippen molar-refractivity contribution in [2.24, 2.45) is 0 Å². The van der Waals surface area contributed by atoms with E-state index in [-0.39, 0.29) is 5.91 Å². The smallest absolute Gasteiger partial charge is 0.411 e. The van der Waals surface area contributed by atoms with Crippen LogP contribution in [0.5, 0.6) is 0 Å². The number of benzene rings is 1. The molecule has 0 aliphatic rings. The summed E-state index contributed by atoms with van der Waals surface area (Å²) in [6.45, 7) is 3.23. The first-order valence-corrected chi connectivity index (χ1v) is 4.76. The predicted octanol–water partition coefficient (Wildman–Crippen LogP) is 2.13. The fourth-order valence-electron chi connectivity index (χ4n) is 1.26. The molecule has 5 nitrogen and oxygen atoms in total. The highest BCUT2D eigenvalue weighted by Gasteiger charge is 2.07. The van der Waals surface area contributed by atoms with Crippen LogP contribution in [0.3, 0.4) is 0 Å². The largest absolute Gasteiger partial charge is 0.453 e. The van der Waals surface area contributed by atoms with E-state index in [1.165, 1.54) is 14.0 Å². The normalized spacial score (nSPS) is 9.44. The minimum Gasteiger partial charge on any atom is -0.453 e. The lowest BCUT2D eigenvalue weighted by atomic mass is 10.1. The molecule has 0 atom stereocenters. The molecule has 16 heavy (non-hydrogen) atoms. The highest BCUT2D eigenvalue weighted by atomic mass is 16.5. The second-order valence-electron chi connectivity index (χ2n) is 3.28. The van der Waals surface area contributed by atoms with Gasteiger partial charge in [-0.1, -0.05) is 6.07 Å². The third-order valence-electron chi connectivity index (χ3n) is 2.07. The van der Waals surface area contributed by atoms with Crippen LogP contribution in [-0.4, -0.2) is 19.1 Å². The number of hydrogen-bond acceptors (Lipinski definition) is 3. The first kappa shape index (κ1) is 12.0. The van der Waals surface area contributed by atoms with Gasteiger partial charge in [-0.25, -0.2) is 4.79 Å². The Hall–Kier alpha value is -2.04. The zero-order valence-corrected chi connectivity index (χ0v) is 9.46. The maximum Gasteiger partial charge on any atom is 0.411 e. The maximum atomic E-state index is 11.0. The van der Waals surface area contributed by atoms with Crippen LogP contribution in [0.4, 0.5) is 16.2 Å². The summed E-state index contributed by atoms with van der Waals surface area (Å²) in [5.74, 6) is -0.154. The molecule has 2 N–H and O–H groups in total. The second-order valence-corrected chi connectivity index (χ2v) is 3.28. The van der Waals surface area contributed by atoms with Gasteiger partial charge in [0.1, 0.15) is 0 Å². The summed E-state index contributed by atoms with van der Waals surface area (Å²) in [7, 11) is 1.29. The molecular formula is C11H14N2O3. The molecule has 0 aliphatic heterocycles. The Morgan fingerprint density at radius 2 is 1.75 bits per heavy atom. The maximum absolute atomic E-state index is 11.0. The first-order chi connectivity index (χ1) is 7.54. The molecule has 2 amide bonds. The molecule has 1 aromatic rings. The Labute approximate surface area is 93.8 Å². The van der Waals surface area contributed by atoms with E-state index in [4.69, 9.17) is 0 Å². The second kappa shape index (κ2) is 5.16. The molecule has 5 heteroatoms. The molecule has 0 saturated carbocycles. The number of anilines is 2. The first-order valence-electron chi connectivity index (χ1n) is 4.76. The lowest BCUT2D eigenvalue weighted by molar-refractivity contribution is -0.114. The van der Waals surface area contributed by atoms with Crippen molar-refractivity contribution in [3.63, 3.8) is 0 Å². The van der Waals surface area contributed by atoms with Gasteiger partial charge < -0.3 is 10.1 Å². The summed E-state index contributed by atoms with van der Waals surface area (Å²) in [6, 6.07) is 5.24. The Morgan fingerprint density at radius 1 is 1.19 bits per heavy atom. The molecule has 0 radical (unpaired) electrons. The highest BCUT2D eigenvalue weighted by molar-refractivity contribution is 5.92. The molecule has 0 aromatic heterocycles. The average molecular weight is 222 g/mol. The zero-order valence-electron chi connectivity index (χ0n) is 9.46. The van der Waals surface area contributed by atoms with Gasteiger partial charge >= 0.3 is 6.09 Å². The van der Waals surface area contributed by atoms with Gasteiger partial charge in [-0.05, 0) is 24.6 Å². The van der Waals surface area contributed by atoms with Crippen LogP contribution in [0.25, 0.3) is 0 Å². The third-order valence-corrected chi connectivity index (χ3v) is 2.07. The van der Waals surface area contributed by atoms with Crippen molar-refractivity contribution in [3.8, 4) is 0 Å². The molecule has 0 unspecified atom stereocenters. The fourth-order valence-corrected chi connectivity index (χ4v) is 1.26. The number of methoxy groups -OCH3 is 1. The lowest BCUT2D eigenvalue weighted by Crippen LogP contribution is -2.13. The number of rotatable bonds is 2. The van der Waals surface area contributed by atoms with Gasteiger partial charge in [-0.3, -0.25) is 10.1 Å². The summed E-state index contributed by atoms with van der Waals surface area (Å²) in [5.41, 5.74) is 2.06. The number of carbonyl (C=O) groups is 2. The van der Waals surface area contributed by atoms with Crippen molar-refractivity contribution < 1.29 is 14.3 Å². The van der Waals surface area contributed by atoms with Gasteiger partial charge in [-0.2, -0.15) is 0 Å². The van der Waals surface area contributed by atoms with Gasteiger partial charge in [0.25, 0.3) is 0 Å². The summed E-state index contributed by atoms with van der Waals surface area (Å²) in [4.78, 5) is 22.0. The summed E-state index contributed by atoms with van der Waals surface area (Å²) < 4.78 is 4.49. The van der Waals surface area contributed by atoms with Crippen LogP contribution in [-0.2, 0) is 9.53 Å². The topological polar surface area (TPSA) is 67.4 Å². The summed E-state index contributed by atoms with van der Waals surface area (Å²) in [5, 5.41) is 5.23. The molecule has 1 aromatic carbocycles. The Kier molecular flexibility index (Phi) is 3.88. The van der Waals surface area contributed by atoms with Crippen LogP contribution in [0.1, 0.15) is 12.5 Å². The van der Waals surface area contributed by atoms with E-state index in [1.54, 1.807) is 25.1 Å². The standard InChI is InChI=1S/C11H14N2O3/c1-7-9(12-8(2)14)5-4-6-10(7)13-11(15)16-3/h4-6H,1-3H3,(H,12,14)(H,13,15). The van der Waals surface area contributed by atoms with Gasteiger partial charge in [0.05, 0.1) is 7.11 Å². The molecule has 0 bridgehead atoms. The van der Waals surface area contributed by atoms with E-state index >= 15 is 0 Å². The van der Waals surface area contributed by atoms with Crippen molar-refractivity contribution in [1.29, 1.82) is 0 Å². The van der Waals surface area contributed by atoms with Crippen LogP contribution >= 0.6 is 0 Å². The van der Waals surface area contributed by atoms with E-state index in [0.29, 0.717) is 11.4 Å². The van der Waals surface area contributed by atoms with E-state index < -0.39 is 6.09 Å². The number of nitrogens with one attached hydrogen (secondary N) is 2. The molecular weight excluding hydrogens is 208 g/mol. The lowest BCUT2D eigenvalue weighted by Gasteiger charge is -2.11. The Bertz CT molecular complexity index is 416. The molecule has 86 valence electrons. The summed E-state index contributed by atoms with van der Waals surface area (Å²) in [6.07, 6.45) is -0.539. The average Bonchev–Trinajstić information content (AvgIpc) is 2.23. The van der Waals surface area contributed by atoms with Crippen LogP contribution in [0, 0.1) is 6.92 Å². The number of amides is 2. The Morgan fingerprint density at radius 3 is 2.25 bits per heavy atom. The van der Waals surface area contributed by atoms with E-state index in [2.05, 4.69) is 15.4 Å². The number of carbonyl (C=O) groups excluding carboxylic acids is 2. The molecule has 0 spiro atoms. The van der Waals surface area contributed by atoms with Crippen LogP contribution in [0.15, 0.2) is 18.2 Å². The minimum absolute atomic E-state index is 0.154. The zero-order chi connectivity index (χ0) is 12.1. The number of hydrogen-bond donors (Lipinski definition) is 2. The van der Waals surface area contributed by atoms with Gasteiger partial charge in [0, 0.05) is 18.3 Å². The quantitative estimate of drug-likeness (QED) is 0.805.